The number of carboxylic acid groups (broad SMARTS) is 1. The number of carbonyl (C=O) groups is 3. The van der Waals surface area contributed by atoms with Gasteiger partial charge in [-0.1, -0.05) is 12.1 Å². The van der Waals surface area contributed by atoms with E-state index in [1.54, 1.807) is 31.2 Å². The Morgan fingerprint density at radius 2 is 2.07 bits per heavy atom. The smallest absolute Gasteiger partial charge is 0.371 e. The van der Waals surface area contributed by atoms with Gasteiger partial charge in [0.15, 0.2) is 11.5 Å². The van der Waals surface area contributed by atoms with Gasteiger partial charge in [0.05, 0.1) is 18.1 Å². The maximum absolute atomic E-state index is 12.5. The molecular weight excluding hydrogens is 410 g/mol. The summed E-state index contributed by atoms with van der Waals surface area (Å²) in [5.74, 6) is -0.526. The lowest BCUT2D eigenvalue weighted by Gasteiger charge is -2.17. The Hall–Kier alpha value is -3.46. The van der Waals surface area contributed by atoms with Gasteiger partial charge in [-0.25, -0.2) is 4.79 Å². The zero-order valence-electron chi connectivity index (χ0n) is 16.3. The number of amides is 2. The summed E-state index contributed by atoms with van der Waals surface area (Å²) in [7, 11) is 1.47. The quantitative estimate of drug-likeness (QED) is 0.492. The largest absolute Gasteiger partial charge is 0.493 e. The number of rotatable bonds is 8. The van der Waals surface area contributed by atoms with Crippen LogP contribution in [0.3, 0.4) is 0 Å². The third kappa shape index (κ3) is 4.41. The van der Waals surface area contributed by atoms with E-state index in [0.29, 0.717) is 27.7 Å². The molecule has 2 amide bonds. The zero-order chi connectivity index (χ0) is 21.8. The second-order valence-electron chi connectivity index (χ2n) is 6.30. The fourth-order valence-corrected chi connectivity index (χ4v) is 3.62. The highest BCUT2D eigenvalue weighted by atomic mass is 32.2. The predicted octanol–water partition coefficient (Wildman–Crippen LogP) is 4.18. The lowest BCUT2D eigenvalue weighted by Crippen LogP contribution is -2.35. The van der Waals surface area contributed by atoms with E-state index in [1.807, 2.05) is 0 Å². The van der Waals surface area contributed by atoms with E-state index >= 15 is 0 Å². The van der Waals surface area contributed by atoms with Gasteiger partial charge in [-0.2, -0.15) is 0 Å². The molecule has 2 aromatic rings. The van der Waals surface area contributed by atoms with Crippen molar-refractivity contribution in [3.8, 4) is 11.5 Å². The molecule has 1 aromatic heterocycles. The Labute approximate surface area is 176 Å². The number of hydrogen-bond donors (Lipinski definition) is 1. The van der Waals surface area contributed by atoms with Crippen LogP contribution in [0.5, 0.6) is 11.5 Å². The first-order valence-electron chi connectivity index (χ1n) is 8.86. The molecule has 156 valence electrons. The monoisotopic (exact) mass is 429 g/mol. The number of ether oxygens (including phenoxy) is 2. The molecule has 30 heavy (non-hydrogen) atoms. The number of imide groups is 1. The van der Waals surface area contributed by atoms with Gasteiger partial charge in [-0.3, -0.25) is 14.5 Å². The molecule has 0 unspecified atom stereocenters. The van der Waals surface area contributed by atoms with Gasteiger partial charge in [-0.15, -0.1) is 6.58 Å². The fraction of sp³-hybridized carbons (Fsp3) is 0.190. The van der Waals surface area contributed by atoms with Crippen molar-refractivity contribution in [3.05, 3.63) is 65.0 Å². The minimum absolute atomic E-state index is 0.0152. The summed E-state index contributed by atoms with van der Waals surface area (Å²) in [5.41, 5.74) is 0.655. The highest BCUT2D eigenvalue weighted by molar-refractivity contribution is 8.18. The molecule has 1 N–H and O–H groups in total. The number of furan rings is 1. The van der Waals surface area contributed by atoms with Gasteiger partial charge >= 0.3 is 5.97 Å². The Bertz CT molecular complexity index is 1040. The highest BCUT2D eigenvalue weighted by Gasteiger charge is 2.37. The standard InChI is InChI=1S/C21H19NO7S/c1-4-12(2)22-19(23)18(30-21(22)26)10-13-5-7-15(17(9-13)27-3)28-11-14-6-8-16(29-14)20(24)25/h4-10,12H,1,11H2,2-3H3,(H,24,25)/b18-10-/t12-/m0/s1. The van der Waals surface area contributed by atoms with Crippen LogP contribution in [0.2, 0.25) is 0 Å². The van der Waals surface area contributed by atoms with Crippen molar-refractivity contribution in [2.45, 2.75) is 19.6 Å². The average molecular weight is 429 g/mol. The SMILES string of the molecule is C=C[C@H](C)N1C(=O)S/C(=C\c2ccc(OCc3ccc(C(=O)O)o3)c(OC)c2)C1=O. The van der Waals surface area contributed by atoms with Gasteiger partial charge in [0.1, 0.15) is 12.4 Å². The molecule has 0 saturated carbocycles. The van der Waals surface area contributed by atoms with Crippen LogP contribution >= 0.6 is 11.8 Å². The Morgan fingerprint density at radius 3 is 2.70 bits per heavy atom. The van der Waals surface area contributed by atoms with E-state index in [2.05, 4.69) is 6.58 Å². The molecule has 1 aromatic carbocycles. The average Bonchev–Trinajstić information content (AvgIpc) is 3.31. The molecule has 1 saturated heterocycles. The Kier molecular flexibility index (Phi) is 6.31. The number of nitrogens with zero attached hydrogens (tertiary/aromatic N) is 1. The molecular formula is C21H19NO7S. The van der Waals surface area contributed by atoms with Crippen molar-refractivity contribution in [3.63, 3.8) is 0 Å². The van der Waals surface area contributed by atoms with Gasteiger partial charge in [0.2, 0.25) is 5.76 Å². The summed E-state index contributed by atoms with van der Waals surface area (Å²) in [6.45, 7) is 5.36. The topological polar surface area (TPSA) is 106 Å². The van der Waals surface area contributed by atoms with Crippen LogP contribution in [0.25, 0.3) is 6.08 Å². The number of carboxylic acids is 1. The fourth-order valence-electron chi connectivity index (χ4n) is 2.70. The molecule has 0 bridgehead atoms. The molecule has 0 radical (unpaired) electrons. The third-order valence-corrected chi connectivity index (χ3v) is 5.18. The number of hydrogen-bond acceptors (Lipinski definition) is 7. The molecule has 1 atom stereocenters. The number of benzene rings is 1. The summed E-state index contributed by atoms with van der Waals surface area (Å²) < 4.78 is 16.2. The predicted molar refractivity (Wildman–Crippen MR) is 110 cm³/mol. The van der Waals surface area contributed by atoms with E-state index in [1.165, 1.54) is 25.3 Å². The number of methoxy groups -OCH3 is 1. The minimum Gasteiger partial charge on any atom is -0.493 e. The second-order valence-corrected chi connectivity index (χ2v) is 7.29. The van der Waals surface area contributed by atoms with Crippen LogP contribution in [-0.4, -0.2) is 40.3 Å². The first kappa shape index (κ1) is 21.3. The summed E-state index contributed by atoms with van der Waals surface area (Å²) in [6, 6.07) is 7.52. The van der Waals surface area contributed by atoms with Crippen molar-refractivity contribution < 1.29 is 33.4 Å². The van der Waals surface area contributed by atoms with E-state index in [9.17, 15) is 14.4 Å². The number of aromatic carboxylic acids is 1. The summed E-state index contributed by atoms with van der Waals surface area (Å²) in [4.78, 5) is 37.0. The molecule has 2 heterocycles. The third-order valence-electron chi connectivity index (χ3n) is 4.30. The van der Waals surface area contributed by atoms with E-state index in [4.69, 9.17) is 19.0 Å². The van der Waals surface area contributed by atoms with Gasteiger partial charge in [0.25, 0.3) is 11.1 Å². The van der Waals surface area contributed by atoms with Crippen molar-refractivity contribution in [1.29, 1.82) is 0 Å². The molecule has 1 aliphatic heterocycles. The van der Waals surface area contributed by atoms with Crippen LogP contribution in [0.15, 0.2) is 52.3 Å². The van der Waals surface area contributed by atoms with Crippen LogP contribution in [0.1, 0.15) is 28.8 Å². The van der Waals surface area contributed by atoms with E-state index < -0.39 is 12.0 Å². The van der Waals surface area contributed by atoms with Crippen LogP contribution in [0, 0.1) is 0 Å². The van der Waals surface area contributed by atoms with Crippen molar-refractivity contribution in [2.24, 2.45) is 0 Å². The summed E-state index contributed by atoms with van der Waals surface area (Å²) in [5, 5.41) is 8.55. The van der Waals surface area contributed by atoms with Gasteiger partial charge < -0.3 is 19.0 Å². The molecule has 9 heteroatoms. The maximum atomic E-state index is 12.5. The van der Waals surface area contributed by atoms with Crippen LogP contribution in [0.4, 0.5) is 4.79 Å². The molecule has 8 nitrogen and oxygen atoms in total. The number of thioether (sulfide) groups is 1. The zero-order valence-corrected chi connectivity index (χ0v) is 17.1. The Morgan fingerprint density at radius 1 is 1.30 bits per heavy atom. The van der Waals surface area contributed by atoms with Crippen molar-refractivity contribution >= 4 is 35.0 Å². The van der Waals surface area contributed by atoms with Crippen LogP contribution in [-0.2, 0) is 11.4 Å². The first-order valence-corrected chi connectivity index (χ1v) is 9.68. The van der Waals surface area contributed by atoms with Crippen LogP contribution < -0.4 is 9.47 Å². The van der Waals surface area contributed by atoms with Crippen molar-refractivity contribution in [2.75, 3.05) is 7.11 Å². The molecule has 1 fully saturated rings. The van der Waals surface area contributed by atoms with E-state index in [0.717, 1.165) is 16.7 Å². The lowest BCUT2D eigenvalue weighted by atomic mass is 10.1. The molecule has 1 aliphatic rings. The lowest BCUT2D eigenvalue weighted by molar-refractivity contribution is -0.123. The summed E-state index contributed by atoms with van der Waals surface area (Å²) in [6.07, 6.45) is 3.14. The molecule has 0 spiro atoms. The van der Waals surface area contributed by atoms with Gasteiger partial charge in [-0.05, 0) is 54.6 Å². The number of carbonyl (C=O) groups excluding carboxylic acids is 2. The normalized spacial score (nSPS) is 16.1. The first-order chi connectivity index (χ1) is 14.3. The Balaban J connectivity index is 1.76. The maximum Gasteiger partial charge on any atom is 0.371 e. The highest BCUT2D eigenvalue weighted by Crippen LogP contribution is 2.35. The van der Waals surface area contributed by atoms with Gasteiger partial charge in [0, 0.05) is 0 Å². The second kappa shape index (κ2) is 8.91. The molecule has 3 rings (SSSR count). The van der Waals surface area contributed by atoms with E-state index in [-0.39, 0.29) is 23.5 Å². The molecule has 0 aliphatic carbocycles. The van der Waals surface area contributed by atoms with Crippen molar-refractivity contribution in [1.82, 2.24) is 4.90 Å². The summed E-state index contributed by atoms with van der Waals surface area (Å²) >= 11 is 0.868. The minimum atomic E-state index is -1.16.